The number of hydrogen-bond donors (Lipinski definition) is 2. The maximum atomic E-state index is 12.4. The van der Waals surface area contributed by atoms with E-state index in [2.05, 4.69) is 0 Å². The lowest BCUT2D eigenvalue weighted by Crippen LogP contribution is -2.17. The van der Waals surface area contributed by atoms with Gasteiger partial charge in [0.05, 0.1) is 25.3 Å². The first-order valence-electron chi connectivity index (χ1n) is 7.10. The fraction of sp³-hybridized carbons (Fsp3) is 0.111. The van der Waals surface area contributed by atoms with E-state index in [0.29, 0.717) is 11.5 Å². The van der Waals surface area contributed by atoms with Crippen molar-refractivity contribution in [3.05, 3.63) is 59.2 Å². The quantitative estimate of drug-likeness (QED) is 0.481. The summed E-state index contributed by atoms with van der Waals surface area (Å²) >= 11 is 0. The molecule has 0 fully saturated rings. The van der Waals surface area contributed by atoms with Gasteiger partial charge in [-0.2, -0.15) is 0 Å². The van der Waals surface area contributed by atoms with Gasteiger partial charge in [-0.05, 0) is 35.9 Å². The summed E-state index contributed by atoms with van der Waals surface area (Å²) in [5, 5.41) is 0. The molecule has 0 aromatic heterocycles. The normalized spacial score (nSPS) is 10.6. The SMILES string of the molecule is COc1ccc(C=CC(=O)c2c(N)cccc2C(N)=O)cc1OC. The Morgan fingerprint density at radius 2 is 1.75 bits per heavy atom. The number of nitrogens with two attached hydrogens (primary N) is 2. The fourth-order valence-electron chi connectivity index (χ4n) is 2.26. The first kappa shape index (κ1) is 17.1. The van der Waals surface area contributed by atoms with Crippen LogP contribution >= 0.6 is 0 Å². The molecular formula is C18H18N2O4. The number of nitrogen functional groups attached to an aromatic ring is 1. The zero-order valence-corrected chi connectivity index (χ0v) is 13.4. The van der Waals surface area contributed by atoms with Crippen molar-refractivity contribution in [2.45, 2.75) is 0 Å². The molecule has 0 aliphatic rings. The van der Waals surface area contributed by atoms with Crippen molar-refractivity contribution in [2.24, 2.45) is 5.73 Å². The highest BCUT2D eigenvalue weighted by Crippen LogP contribution is 2.28. The second-order valence-electron chi connectivity index (χ2n) is 4.95. The van der Waals surface area contributed by atoms with Crippen LogP contribution in [0, 0.1) is 0 Å². The molecule has 0 radical (unpaired) electrons. The van der Waals surface area contributed by atoms with E-state index < -0.39 is 11.7 Å². The summed E-state index contributed by atoms with van der Waals surface area (Å²) in [5.41, 5.74) is 12.2. The second kappa shape index (κ2) is 7.32. The molecule has 0 heterocycles. The molecule has 2 aromatic rings. The molecule has 2 aromatic carbocycles. The lowest BCUT2D eigenvalue weighted by molar-refractivity contribution is 0.0983. The summed E-state index contributed by atoms with van der Waals surface area (Å²) in [6.07, 6.45) is 2.93. The zero-order valence-electron chi connectivity index (χ0n) is 13.4. The van der Waals surface area contributed by atoms with E-state index in [9.17, 15) is 9.59 Å². The van der Waals surface area contributed by atoms with Gasteiger partial charge in [-0.25, -0.2) is 0 Å². The van der Waals surface area contributed by atoms with E-state index in [1.54, 1.807) is 43.5 Å². The lowest BCUT2D eigenvalue weighted by Gasteiger charge is -2.08. The van der Waals surface area contributed by atoms with Crippen molar-refractivity contribution in [3.63, 3.8) is 0 Å². The molecule has 0 saturated carbocycles. The molecular weight excluding hydrogens is 308 g/mol. The maximum absolute atomic E-state index is 12.4. The van der Waals surface area contributed by atoms with Gasteiger partial charge in [0.25, 0.3) is 0 Å². The summed E-state index contributed by atoms with van der Waals surface area (Å²) < 4.78 is 10.4. The zero-order chi connectivity index (χ0) is 17.7. The summed E-state index contributed by atoms with van der Waals surface area (Å²) in [6, 6.07) is 9.82. The molecule has 1 amide bonds. The Morgan fingerprint density at radius 3 is 2.38 bits per heavy atom. The minimum absolute atomic E-state index is 0.0944. The molecule has 0 aliphatic heterocycles. The highest BCUT2D eigenvalue weighted by Gasteiger charge is 2.16. The number of ether oxygens (including phenoxy) is 2. The number of amides is 1. The monoisotopic (exact) mass is 326 g/mol. The molecule has 0 aliphatic carbocycles. The fourth-order valence-corrected chi connectivity index (χ4v) is 2.26. The number of ketones is 1. The summed E-state index contributed by atoms with van der Waals surface area (Å²) in [4.78, 5) is 23.9. The predicted octanol–water partition coefficient (Wildman–Crippen LogP) is 2.28. The smallest absolute Gasteiger partial charge is 0.249 e. The Labute approximate surface area is 139 Å². The van der Waals surface area contributed by atoms with Gasteiger partial charge in [0.2, 0.25) is 5.91 Å². The summed E-state index contributed by atoms with van der Waals surface area (Å²) in [7, 11) is 3.07. The molecule has 0 unspecified atom stereocenters. The van der Waals surface area contributed by atoms with Gasteiger partial charge >= 0.3 is 0 Å². The third-order valence-electron chi connectivity index (χ3n) is 3.44. The summed E-state index contributed by atoms with van der Waals surface area (Å²) in [5.74, 6) is 0.0234. The van der Waals surface area contributed by atoms with Crippen molar-refractivity contribution >= 4 is 23.5 Å². The average Bonchev–Trinajstić information content (AvgIpc) is 2.58. The van der Waals surface area contributed by atoms with Crippen LogP contribution in [0.5, 0.6) is 11.5 Å². The van der Waals surface area contributed by atoms with Crippen molar-refractivity contribution in [3.8, 4) is 11.5 Å². The third kappa shape index (κ3) is 3.55. The van der Waals surface area contributed by atoms with Crippen LogP contribution in [0.3, 0.4) is 0 Å². The number of allylic oxidation sites excluding steroid dienone is 1. The molecule has 2 rings (SSSR count). The Morgan fingerprint density at radius 1 is 1.04 bits per heavy atom. The van der Waals surface area contributed by atoms with E-state index >= 15 is 0 Å². The molecule has 24 heavy (non-hydrogen) atoms. The van der Waals surface area contributed by atoms with E-state index in [-0.39, 0.29) is 16.8 Å². The van der Waals surface area contributed by atoms with Crippen molar-refractivity contribution in [1.29, 1.82) is 0 Å². The van der Waals surface area contributed by atoms with Gasteiger partial charge in [-0.15, -0.1) is 0 Å². The van der Waals surface area contributed by atoms with Crippen LogP contribution in [0.4, 0.5) is 5.69 Å². The molecule has 6 nitrogen and oxygen atoms in total. The van der Waals surface area contributed by atoms with Crippen LogP contribution < -0.4 is 20.9 Å². The van der Waals surface area contributed by atoms with Gasteiger partial charge in [0.1, 0.15) is 0 Å². The third-order valence-corrected chi connectivity index (χ3v) is 3.44. The van der Waals surface area contributed by atoms with E-state index in [0.717, 1.165) is 5.56 Å². The van der Waals surface area contributed by atoms with Crippen molar-refractivity contribution < 1.29 is 19.1 Å². The van der Waals surface area contributed by atoms with E-state index in [1.165, 1.54) is 19.3 Å². The largest absolute Gasteiger partial charge is 0.493 e. The molecule has 0 spiro atoms. The molecule has 6 heteroatoms. The number of carbonyl (C=O) groups is 2. The van der Waals surface area contributed by atoms with Crippen LogP contribution in [0.25, 0.3) is 6.08 Å². The molecule has 4 N–H and O–H groups in total. The van der Waals surface area contributed by atoms with Gasteiger partial charge < -0.3 is 20.9 Å². The standard InChI is InChI=1S/C18H18N2O4/c1-23-15-9-7-11(10-16(15)24-2)6-8-14(21)17-12(18(20)22)4-3-5-13(17)19/h3-10H,19H2,1-2H3,(H2,20,22). The number of benzene rings is 2. The number of hydrogen-bond acceptors (Lipinski definition) is 5. The topological polar surface area (TPSA) is 105 Å². The van der Waals surface area contributed by atoms with Gasteiger partial charge in [0.15, 0.2) is 17.3 Å². The van der Waals surface area contributed by atoms with Crippen LogP contribution in [-0.2, 0) is 0 Å². The van der Waals surface area contributed by atoms with Crippen LogP contribution in [0.15, 0.2) is 42.5 Å². The number of carbonyl (C=O) groups excluding carboxylic acids is 2. The predicted molar refractivity (Wildman–Crippen MR) is 92.3 cm³/mol. The Kier molecular flexibility index (Phi) is 5.21. The Bertz CT molecular complexity index is 813. The first-order valence-corrected chi connectivity index (χ1v) is 7.10. The first-order chi connectivity index (χ1) is 11.5. The lowest BCUT2D eigenvalue weighted by atomic mass is 10.00. The minimum atomic E-state index is -0.704. The van der Waals surface area contributed by atoms with Gasteiger partial charge in [0, 0.05) is 5.69 Å². The molecule has 124 valence electrons. The highest BCUT2D eigenvalue weighted by atomic mass is 16.5. The number of anilines is 1. The Balaban J connectivity index is 2.34. The van der Waals surface area contributed by atoms with Crippen molar-refractivity contribution in [1.82, 2.24) is 0 Å². The number of primary amides is 1. The second-order valence-corrected chi connectivity index (χ2v) is 4.95. The molecule has 0 saturated heterocycles. The molecule has 0 bridgehead atoms. The van der Waals surface area contributed by atoms with Gasteiger partial charge in [-0.3, -0.25) is 9.59 Å². The molecule has 0 atom stereocenters. The highest BCUT2D eigenvalue weighted by molar-refractivity contribution is 6.16. The van der Waals surface area contributed by atoms with Crippen LogP contribution in [0.2, 0.25) is 0 Å². The van der Waals surface area contributed by atoms with Crippen LogP contribution in [0.1, 0.15) is 26.3 Å². The average molecular weight is 326 g/mol. The maximum Gasteiger partial charge on any atom is 0.249 e. The summed E-state index contributed by atoms with van der Waals surface area (Å²) in [6.45, 7) is 0. The number of methoxy groups -OCH3 is 2. The van der Waals surface area contributed by atoms with Crippen molar-refractivity contribution in [2.75, 3.05) is 20.0 Å². The van der Waals surface area contributed by atoms with E-state index in [4.69, 9.17) is 20.9 Å². The number of rotatable bonds is 6. The Hall–Kier alpha value is -3.28. The van der Waals surface area contributed by atoms with Crippen LogP contribution in [-0.4, -0.2) is 25.9 Å². The minimum Gasteiger partial charge on any atom is -0.493 e. The van der Waals surface area contributed by atoms with Gasteiger partial charge in [-0.1, -0.05) is 18.2 Å². The van der Waals surface area contributed by atoms with E-state index in [1.807, 2.05) is 0 Å².